The molecule has 0 atom stereocenters. The Bertz CT molecular complexity index is 341. The normalized spacial score (nSPS) is 33.9. The van der Waals surface area contributed by atoms with E-state index < -0.39 is 0 Å². The Balaban J connectivity index is 1.58. The van der Waals surface area contributed by atoms with Gasteiger partial charge in [0.1, 0.15) is 0 Å². The molecule has 0 saturated heterocycles. The Kier molecular flexibility index (Phi) is 7.27. The number of nitriles is 1. The van der Waals surface area contributed by atoms with Crippen molar-refractivity contribution in [3.63, 3.8) is 0 Å². The lowest BCUT2D eigenvalue weighted by atomic mass is 9.76. The molecule has 0 bridgehead atoms. The molecule has 2 saturated carbocycles. The highest BCUT2D eigenvalue weighted by Gasteiger charge is 2.23. The first kappa shape index (κ1) is 16.5. The van der Waals surface area contributed by atoms with Crippen LogP contribution in [0.3, 0.4) is 0 Å². The lowest BCUT2D eigenvalue weighted by Crippen LogP contribution is -2.17. The van der Waals surface area contributed by atoms with E-state index in [1.165, 1.54) is 51.4 Å². The van der Waals surface area contributed by atoms with Gasteiger partial charge in [0, 0.05) is 5.92 Å². The standard InChI is InChI=1S/C19H30FN/c20-14-2-1-3-16-4-6-17(7-5-16)8-9-18-10-12-19(15-21)13-11-18/h1,3,16-19H,2,4-14H2/t16-,17-,18-,19-. The Labute approximate surface area is 129 Å². The molecule has 2 aliphatic carbocycles. The highest BCUT2D eigenvalue weighted by Crippen LogP contribution is 2.36. The number of hydrogen-bond donors (Lipinski definition) is 0. The van der Waals surface area contributed by atoms with Crippen molar-refractivity contribution in [1.29, 1.82) is 5.26 Å². The van der Waals surface area contributed by atoms with Gasteiger partial charge in [-0.25, -0.2) is 0 Å². The fourth-order valence-electron chi connectivity index (χ4n) is 4.07. The molecule has 2 heteroatoms. The molecule has 118 valence electrons. The maximum Gasteiger partial charge on any atom is 0.0928 e. The van der Waals surface area contributed by atoms with E-state index in [1.807, 2.05) is 6.08 Å². The highest BCUT2D eigenvalue weighted by atomic mass is 19.1. The molecular weight excluding hydrogens is 261 g/mol. The van der Waals surface area contributed by atoms with Crippen LogP contribution < -0.4 is 0 Å². The Morgan fingerprint density at radius 3 is 2.00 bits per heavy atom. The fourth-order valence-corrected chi connectivity index (χ4v) is 4.07. The lowest BCUT2D eigenvalue weighted by molar-refractivity contribution is 0.242. The average Bonchev–Trinajstić information content (AvgIpc) is 2.55. The second kappa shape index (κ2) is 9.23. The number of rotatable bonds is 6. The third kappa shape index (κ3) is 5.81. The minimum absolute atomic E-state index is 0.222. The summed E-state index contributed by atoms with van der Waals surface area (Å²) >= 11 is 0. The van der Waals surface area contributed by atoms with Gasteiger partial charge < -0.3 is 0 Å². The van der Waals surface area contributed by atoms with Crippen LogP contribution in [0.2, 0.25) is 0 Å². The average molecular weight is 291 g/mol. The maximum atomic E-state index is 12.1. The van der Waals surface area contributed by atoms with Crippen molar-refractivity contribution >= 4 is 0 Å². The summed E-state index contributed by atoms with van der Waals surface area (Å²) in [5.74, 6) is 2.85. The quantitative estimate of drug-likeness (QED) is 0.566. The van der Waals surface area contributed by atoms with Gasteiger partial charge in [-0.05, 0) is 75.5 Å². The second-order valence-corrected chi connectivity index (χ2v) is 7.11. The molecule has 0 heterocycles. The Hall–Kier alpha value is -0.840. The molecule has 0 unspecified atom stereocenters. The molecule has 0 aromatic rings. The predicted molar refractivity (Wildman–Crippen MR) is 85.5 cm³/mol. The topological polar surface area (TPSA) is 23.8 Å². The van der Waals surface area contributed by atoms with E-state index in [1.54, 1.807) is 0 Å². The van der Waals surface area contributed by atoms with Crippen LogP contribution in [0, 0.1) is 35.0 Å². The molecule has 0 aliphatic heterocycles. The van der Waals surface area contributed by atoms with E-state index in [9.17, 15) is 4.39 Å². The molecule has 0 N–H and O–H groups in total. The van der Waals surface area contributed by atoms with Crippen LogP contribution in [0.25, 0.3) is 0 Å². The molecule has 2 fully saturated rings. The largest absolute Gasteiger partial charge is 0.251 e. The molecule has 0 radical (unpaired) electrons. The molecule has 2 rings (SSSR count). The summed E-state index contributed by atoms with van der Waals surface area (Å²) < 4.78 is 12.1. The Morgan fingerprint density at radius 2 is 1.48 bits per heavy atom. The number of allylic oxidation sites excluding steroid dienone is 2. The van der Waals surface area contributed by atoms with Crippen LogP contribution in [-0.4, -0.2) is 6.67 Å². The van der Waals surface area contributed by atoms with Crippen molar-refractivity contribution in [3.05, 3.63) is 12.2 Å². The lowest BCUT2D eigenvalue weighted by Gasteiger charge is -2.30. The zero-order valence-corrected chi connectivity index (χ0v) is 13.3. The van der Waals surface area contributed by atoms with Crippen LogP contribution in [0.4, 0.5) is 4.39 Å². The monoisotopic (exact) mass is 291 g/mol. The number of nitrogens with zero attached hydrogens (tertiary/aromatic N) is 1. The summed E-state index contributed by atoms with van der Waals surface area (Å²) in [6.07, 6.45) is 17.8. The van der Waals surface area contributed by atoms with Crippen LogP contribution in [0.5, 0.6) is 0 Å². The molecule has 1 nitrogen and oxygen atoms in total. The molecule has 21 heavy (non-hydrogen) atoms. The van der Waals surface area contributed by atoms with E-state index in [0.29, 0.717) is 18.3 Å². The van der Waals surface area contributed by atoms with Crippen molar-refractivity contribution in [2.75, 3.05) is 6.67 Å². The smallest absolute Gasteiger partial charge is 0.0928 e. The molecule has 0 aromatic carbocycles. The van der Waals surface area contributed by atoms with E-state index in [4.69, 9.17) is 5.26 Å². The van der Waals surface area contributed by atoms with E-state index >= 15 is 0 Å². The summed E-state index contributed by atoms with van der Waals surface area (Å²) in [5, 5.41) is 8.94. The van der Waals surface area contributed by atoms with Crippen molar-refractivity contribution in [2.45, 2.75) is 70.6 Å². The van der Waals surface area contributed by atoms with Crippen LogP contribution >= 0.6 is 0 Å². The first-order valence-electron chi connectivity index (χ1n) is 8.94. The van der Waals surface area contributed by atoms with Gasteiger partial charge >= 0.3 is 0 Å². The number of alkyl halides is 1. The third-order valence-electron chi connectivity index (χ3n) is 5.59. The zero-order chi connectivity index (χ0) is 14.9. The second-order valence-electron chi connectivity index (χ2n) is 7.11. The zero-order valence-electron chi connectivity index (χ0n) is 13.3. The Morgan fingerprint density at radius 1 is 0.905 bits per heavy atom. The van der Waals surface area contributed by atoms with Crippen LogP contribution in [0.1, 0.15) is 70.6 Å². The number of hydrogen-bond acceptors (Lipinski definition) is 1. The van der Waals surface area contributed by atoms with Gasteiger partial charge in [-0.2, -0.15) is 5.26 Å². The van der Waals surface area contributed by atoms with Crippen molar-refractivity contribution in [1.82, 2.24) is 0 Å². The fraction of sp³-hybridized carbons (Fsp3) is 0.842. The van der Waals surface area contributed by atoms with E-state index in [0.717, 1.165) is 24.7 Å². The van der Waals surface area contributed by atoms with Gasteiger partial charge in [0.15, 0.2) is 0 Å². The maximum absolute atomic E-state index is 12.1. The molecule has 2 aliphatic rings. The number of halogens is 1. The van der Waals surface area contributed by atoms with Gasteiger partial charge in [-0.15, -0.1) is 0 Å². The summed E-state index contributed by atoms with van der Waals surface area (Å²) in [6, 6.07) is 2.43. The van der Waals surface area contributed by atoms with Crippen LogP contribution in [-0.2, 0) is 0 Å². The SMILES string of the molecule is N#C[C@H]1CC[C@H](CC[C@H]2CC[C@H](C=CCCF)CC2)CC1. The van der Waals surface area contributed by atoms with Crippen LogP contribution in [0.15, 0.2) is 12.2 Å². The van der Waals surface area contributed by atoms with Crippen molar-refractivity contribution in [2.24, 2.45) is 23.7 Å². The van der Waals surface area contributed by atoms with Gasteiger partial charge in [-0.1, -0.05) is 25.0 Å². The van der Waals surface area contributed by atoms with Gasteiger partial charge in [-0.3, -0.25) is 4.39 Å². The molecular formula is C19H30FN. The summed E-state index contributed by atoms with van der Waals surface area (Å²) in [5.41, 5.74) is 0. The molecule has 0 amide bonds. The van der Waals surface area contributed by atoms with E-state index in [-0.39, 0.29) is 6.67 Å². The van der Waals surface area contributed by atoms with Gasteiger partial charge in [0.05, 0.1) is 12.7 Å². The molecule has 0 spiro atoms. The predicted octanol–water partition coefficient (Wildman–Crippen LogP) is 5.82. The third-order valence-corrected chi connectivity index (χ3v) is 5.59. The van der Waals surface area contributed by atoms with Crippen molar-refractivity contribution < 1.29 is 4.39 Å². The first-order valence-corrected chi connectivity index (χ1v) is 8.94. The van der Waals surface area contributed by atoms with Crippen molar-refractivity contribution in [3.8, 4) is 6.07 Å². The highest BCUT2D eigenvalue weighted by molar-refractivity contribution is 4.91. The summed E-state index contributed by atoms with van der Waals surface area (Å²) in [6.45, 7) is -0.222. The minimum atomic E-state index is -0.222. The summed E-state index contributed by atoms with van der Waals surface area (Å²) in [4.78, 5) is 0. The minimum Gasteiger partial charge on any atom is -0.251 e. The first-order chi connectivity index (χ1) is 10.3. The van der Waals surface area contributed by atoms with E-state index in [2.05, 4.69) is 12.1 Å². The summed E-state index contributed by atoms with van der Waals surface area (Å²) in [7, 11) is 0. The molecule has 0 aromatic heterocycles. The van der Waals surface area contributed by atoms with Gasteiger partial charge in [0.2, 0.25) is 0 Å². The van der Waals surface area contributed by atoms with Gasteiger partial charge in [0.25, 0.3) is 0 Å².